The zero-order chi connectivity index (χ0) is 9.30. The summed E-state index contributed by atoms with van der Waals surface area (Å²) in [4.78, 5) is 10.5. The molecule has 0 saturated heterocycles. The number of rotatable bonds is 1. The molecule has 1 aromatic rings. The molecule has 0 unspecified atom stereocenters. The van der Waals surface area contributed by atoms with Gasteiger partial charge in [0.05, 0.1) is 20.6 Å². The molecule has 13 heavy (non-hydrogen) atoms. The maximum atomic E-state index is 10.5. The van der Waals surface area contributed by atoms with Crippen molar-refractivity contribution in [2.24, 2.45) is 0 Å². The second-order valence-corrected chi connectivity index (χ2v) is 3.19. The molecule has 0 heterocycles. The first kappa shape index (κ1) is 13.6. The fraction of sp³-hybridized carbons (Fsp3) is 0. The second-order valence-electron chi connectivity index (χ2n) is 2.03. The molecule has 6 heteroatoms. The summed E-state index contributed by atoms with van der Waals surface area (Å²) in [5, 5.41) is 8.87. The Kier molecular flexibility index (Phi) is 5.68. The van der Waals surface area contributed by atoms with Crippen LogP contribution >= 0.6 is 34.8 Å². The zero-order valence-electron chi connectivity index (χ0n) is 5.64. The van der Waals surface area contributed by atoms with Gasteiger partial charge in [-0.2, -0.15) is 0 Å². The van der Waals surface area contributed by atoms with Gasteiger partial charge in [-0.15, -0.1) is 0 Å². The van der Waals surface area contributed by atoms with Gasteiger partial charge in [0, 0.05) is 0 Å². The molecule has 0 aliphatic heterocycles. The van der Waals surface area contributed by atoms with Crippen molar-refractivity contribution in [3.05, 3.63) is 32.8 Å². The summed E-state index contributed by atoms with van der Waals surface area (Å²) in [6.45, 7) is 0. The van der Waals surface area contributed by atoms with Gasteiger partial charge in [-0.05, 0) is 12.1 Å². The maximum absolute atomic E-state index is 10.5. The number of hydrogen-bond acceptors (Lipinski definition) is 1. The van der Waals surface area contributed by atoms with Gasteiger partial charge in [0.2, 0.25) is 0 Å². The van der Waals surface area contributed by atoms with E-state index in [-0.39, 0.29) is 50.2 Å². The van der Waals surface area contributed by atoms with Crippen molar-refractivity contribution < 1.29 is 9.90 Å². The standard InChI is InChI=1S/C7H3Cl3O2.Na.H/c8-4-2-1-3(7(11)12)5(9)6(4)10;;/h1-2H,(H,11,12);;. The predicted octanol–water partition coefficient (Wildman–Crippen LogP) is 2.70. The third-order valence-corrected chi connectivity index (χ3v) is 2.56. The van der Waals surface area contributed by atoms with E-state index in [9.17, 15) is 4.79 Å². The average molecular weight is 249 g/mol. The molecule has 0 aromatic heterocycles. The van der Waals surface area contributed by atoms with Crippen molar-refractivity contribution >= 4 is 70.3 Å². The quantitative estimate of drug-likeness (QED) is 0.614. The molecule has 0 bridgehead atoms. The number of hydrogen-bond donors (Lipinski definition) is 1. The molecule has 0 saturated carbocycles. The molecule has 0 spiro atoms. The van der Waals surface area contributed by atoms with Gasteiger partial charge < -0.3 is 5.11 Å². The van der Waals surface area contributed by atoms with Gasteiger partial charge in [0.15, 0.2) is 0 Å². The van der Waals surface area contributed by atoms with Crippen molar-refractivity contribution in [3.8, 4) is 0 Å². The normalized spacial score (nSPS) is 9.15. The topological polar surface area (TPSA) is 37.3 Å². The van der Waals surface area contributed by atoms with Crippen LogP contribution in [-0.4, -0.2) is 40.6 Å². The Morgan fingerprint density at radius 2 is 1.69 bits per heavy atom. The van der Waals surface area contributed by atoms with Crippen molar-refractivity contribution in [2.75, 3.05) is 0 Å². The Labute approximate surface area is 112 Å². The molecule has 0 radical (unpaired) electrons. The van der Waals surface area contributed by atoms with E-state index in [0.717, 1.165) is 0 Å². The van der Waals surface area contributed by atoms with Crippen molar-refractivity contribution in [1.29, 1.82) is 0 Å². The summed E-state index contributed by atoms with van der Waals surface area (Å²) in [6.07, 6.45) is 0. The van der Waals surface area contributed by atoms with E-state index in [1.807, 2.05) is 0 Å². The SMILES string of the molecule is O=C(O)c1ccc(Cl)c(Cl)c1Cl.[NaH]. The zero-order valence-corrected chi connectivity index (χ0v) is 7.91. The molecular formula is C7H4Cl3NaO2. The Balaban J connectivity index is 0.00000144. The summed E-state index contributed by atoms with van der Waals surface area (Å²) in [7, 11) is 0. The summed E-state index contributed by atoms with van der Waals surface area (Å²) < 4.78 is 0. The summed E-state index contributed by atoms with van der Waals surface area (Å²) in [6, 6.07) is 2.69. The van der Waals surface area contributed by atoms with Crippen molar-refractivity contribution in [1.82, 2.24) is 0 Å². The summed E-state index contributed by atoms with van der Waals surface area (Å²) >= 11 is 16.8. The van der Waals surface area contributed by atoms with E-state index >= 15 is 0 Å². The van der Waals surface area contributed by atoms with Crippen molar-refractivity contribution in [3.63, 3.8) is 0 Å². The van der Waals surface area contributed by atoms with Gasteiger partial charge in [-0.1, -0.05) is 34.8 Å². The Hall–Kier alpha value is 0.560. The monoisotopic (exact) mass is 248 g/mol. The molecule has 66 valence electrons. The van der Waals surface area contributed by atoms with Gasteiger partial charge in [-0.3, -0.25) is 0 Å². The van der Waals surface area contributed by atoms with Crippen LogP contribution in [0.2, 0.25) is 15.1 Å². The molecule has 1 N–H and O–H groups in total. The molecule has 0 aliphatic carbocycles. The number of carboxylic acids is 1. The van der Waals surface area contributed by atoms with Crippen LogP contribution in [0.15, 0.2) is 12.1 Å². The van der Waals surface area contributed by atoms with Crippen LogP contribution < -0.4 is 0 Å². The van der Waals surface area contributed by atoms with E-state index in [1.54, 1.807) is 0 Å². The fourth-order valence-corrected chi connectivity index (χ4v) is 1.31. The fourth-order valence-electron chi connectivity index (χ4n) is 0.691. The van der Waals surface area contributed by atoms with Gasteiger partial charge in [-0.25, -0.2) is 4.79 Å². The number of benzene rings is 1. The average Bonchev–Trinajstić information content (AvgIpc) is 2.00. The third-order valence-electron chi connectivity index (χ3n) is 1.27. The van der Waals surface area contributed by atoms with Gasteiger partial charge in [0.25, 0.3) is 0 Å². The van der Waals surface area contributed by atoms with Gasteiger partial charge in [0.1, 0.15) is 0 Å². The van der Waals surface area contributed by atoms with E-state index in [2.05, 4.69) is 0 Å². The van der Waals surface area contributed by atoms with Gasteiger partial charge >= 0.3 is 35.5 Å². The van der Waals surface area contributed by atoms with Crippen LogP contribution in [0.1, 0.15) is 10.4 Å². The first-order valence-corrected chi connectivity index (χ1v) is 4.04. The summed E-state index contributed by atoms with van der Waals surface area (Å²) in [5.41, 5.74) is -0.0499. The summed E-state index contributed by atoms with van der Waals surface area (Å²) in [5.74, 6) is -1.13. The van der Waals surface area contributed by atoms with Crippen LogP contribution in [0.4, 0.5) is 0 Å². The molecule has 2 nitrogen and oxygen atoms in total. The van der Waals surface area contributed by atoms with Crippen LogP contribution in [0.3, 0.4) is 0 Å². The molecule has 1 aromatic carbocycles. The number of halogens is 3. The molecule has 0 fully saturated rings. The van der Waals surface area contributed by atoms with E-state index in [4.69, 9.17) is 39.9 Å². The molecule has 0 aliphatic rings. The molecular weight excluding hydrogens is 245 g/mol. The number of carbonyl (C=O) groups is 1. The van der Waals surface area contributed by atoms with E-state index in [0.29, 0.717) is 0 Å². The number of carboxylic acid groups (broad SMARTS) is 1. The van der Waals surface area contributed by atoms with E-state index in [1.165, 1.54) is 12.1 Å². The first-order valence-electron chi connectivity index (χ1n) is 2.91. The number of aromatic carboxylic acids is 1. The molecule has 0 atom stereocenters. The van der Waals surface area contributed by atoms with Crippen LogP contribution in [0, 0.1) is 0 Å². The first-order chi connectivity index (χ1) is 5.54. The Morgan fingerprint density at radius 1 is 1.15 bits per heavy atom. The minimum atomic E-state index is -1.13. The Morgan fingerprint density at radius 3 is 2.15 bits per heavy atom. The van der Waals surface area contributed by atoms with Crippen molar-refractivity contribution in [2.45, 2.75) is 0 Å². The van der Waals surface area contributed by atoms with Crippen LogP contribution in [0.25, 0.3) is 0 Å². The Bertz CT molecular complexity index is 341. The van der Waals surface area contributed by atoms with E-state index < -0.39 is 5.97 Å². The molecule has 0 amide bonds. The minimum absolute atomic E-state index is 0. The predicted molar refractivity (Wildman–Crippen MR) is 55.6 cm³/mol. The van der Waals surface area contributed by atoms with Crippen LogP contribution in [-0.2, 0) is 0 Å². The second kappa shape index (κ2) is 5.44. The third kappa shape index (κ3) is 3.01. The molecule has 1 rings (SSSR count). The van der Waals surface area contributed by atoms with Crippen LogP contribution in [0.5, 0.6) is 0 Å².